The third-order valence-corrected chi connectivity index (χ3v) is 9.64. The van der Waals surface area contributed by atoms with Gasteiger partial charge in [0, 0.05) is 6.61 Å². The van der Waals surface area contributed by atoms with E-state index in [2.05, 4.69) is 27.7 Å². The highest BCUT2D eigenvalue weighted by atomic mass is 16.5. The van der Waals surface area contributed by atoms with Crippen molar-refractivity contribution in [2.45, 2.75) is 97.7 Å². The molecule has 144 valence electrons. The standard InChI is InChI=1S/C23H40O2/c1-5-15-8-10-19-18-9-7-16-13-17(25-6-2)11-12-22(16,3)21(18)20(24)14-23(15,19)4/h15-21,24H,5-14H2,1-4H3/t15-,16?,17?,18-,19-,20+,21+,22-,23+/m0/s1. The minimum atomic E-state index is -0.0742. The molecular weight excluding hydrogens is 308 g/mol. The fraction of sp³-hybridized carbons (Fsp3) is 1.00. The van der Waals surface area contributed by atoms with E-state index in [1.165, 1.54) is 51.4 Å². The third kappa shape index (κ3) is 2.64. The Morgan fingerprint density at radius 1 is 1.00 bits per heavy atom. The van der Waals surface area contributed by atoms with Gasteiger partial charge in [-0.3, -0.25) is 0 Å². The summed E-state index contributed by atoms with van der Waals surface area (Å²) >= 11 is 0. The Morgan fingerprint density at radius 2 is 1.80 bits per heavy atom. The second-order valence-corrected chi connectivity index (χ2v) is 10.4. The van der Waals surface area contributed by atoms with Gasteiger partial charge in [0.1, 0.15) is 0 Å². The molecule has 0 heterocycles. The van der Waals surface area contributed by atoms with E-state index >= 15 is 0 Å². The fourth-order valence-electron chi connectivity index (χ4n) is 8.50. The Balaban J connectivity index is 1.59. The van der Waals surface area contributed by atoms with Gasteiger partial charge >= 0.3 is 0 Å². The van der Waals surface area contributed by atoms with E-state index < -0.39 is 0 Å². The monoisotopic (exact) mass is 348 g/mol. The Bertz CT molecular complexity index is 490. The summed E-state index contributed by atoms with van der Waals surface area (Å²) in [6, 6.07) is 0. The molecule has 4 rings (SSSR count). The molecule has 0 aromatic heterocycles. The number of aliphatic hydroxyl groups is 1. The summed E-state index contributed by atoms with van der Waals surface area (Å²) < 4.78 is 5.99. The van der Waals surface area contributed by atoms with Crippen LogP contribution >= 0.6 is 0 Å². The lowest BCUT2D eigenvalue weighted by atomic mass is 9.44. The van der Waals surface area contributed by atoms with Crippen molar-refractivity contribution < 1.29 is 9.84 Å². The van der Waals surface area contributed by atoms with Crippen LogP contribution < -0.4 is 0 Å². The zero-order valence-electron chi connectivity index (χ0n) is 17.0. The van der Waals surface area contributed by atoms with Crippen LogP contribution in [-0.2, 0) is 4.74 Å². The molecule has 9 atom stereocenters. The zero-order valence-corrected chi connectivity index (χ0v) is 17.0. The molecular formula is C23H40O2. The molecule has 4 aliphatic carbocycles. The molecule has 0 saturated heterocycles. The van der Waals surface area contributed by atoms with Gasteiger partial charge in [-0.25, -0.2) is 0 Å². The Hall–Kier alpha value is -0.0800. The van der Waals surface area contributed by atoms with Crippen molar-refractivity contribution in [3.63, 3.8) is 0 Å². The maximum Gasteiger partial charge on any atom is 0.0581 e. The summed E-state index contributed by atoms with van der Waals surface area (Å²) in [5.74, 6) is 3.79. The Morgan fingerprint density at radius 3 is 2.52 bits per heavy atom. The number of fused-ring (bicyclic) bond motifs is 5. The lowest BCUT2D eigenvalue weighted by Crippen LogP contribution is -2.59. The molecule has 0 spiro atoms. The van der Waals surface area contributed by atoms with Gasteiger partial charge < -0.3 is 9.84 Å². The number of ether oxygens (including phenoxy) is 1. The van der Waals surface area contributed by atoms with Crippen molar-refractivity contribution in [1.29, 1.82) is 0 Å². The van der Waals surface area contributed by atoms with Crippen molar-refractivity contribution >= 4 is 0 Å². The molecule has 0 aromatic carbocycles. The number of hydrogen-bond donors (Lipinski definition) is 1. The van der Waals surface area contributed by atoms with E-state index in [0.29, 0.717) is 22.9 Å². The van der Waals surface area contributed by atoms with Gasteiger partial charge in [0.05, 0.1) is 12.2 Å². The second-order valence-electron chi connectivity index (χ2n) is 10.4. The summed E-state index contributed by atoms with van der Waals surface area (Å²) in [6.07, 6.45) is 12.0. The third-order valence-electron chi connectivity index (χ3n) is 9.64. The molecule has 0 aromatic rings. The molecule has 0 amide bonds. The molecule has 2 unspecified atom stereocenters. The number of aliphatic hydroxyl groups excluding tert-OH is 1. The van der Waals surface area contributed by atoms with Crippen molar-refractivity contribution in [3.8, 4) is 0 Å². The Kier molecular flexibility index (Phi) is 4.77. The second kappa shape index (κ2) is 6.51. The molecule has 4 fully saturated rings. The molecule has 2 nitrogen and oxygen atoms in total. The van der Waals surface area contributed by atoms with Gasteiger partial charge in [-0.2, -0.15) is 0 Å². The lowest BCUT2D eigenvalue weighted by molar-refractivity contribution is -0.180. The predicted octanol–water partition coefficient (Wildman–Crippen LogP) is 5.43. The van der Waals surface area contributed by atoms with Gasteiger partial charge in [-0.1, -0.05) is 27.2 Å². The Labute approximate surface area is 155 Å². The smallest absolute Gasteiger partial charge is 0.0581 e. The fourth-order valence-corrected chi connectivity index (χ4v) is 8.50. The summed E-state index contributed by atoms with van der Waals surface area (Å²) in [5, 5.41) is 11.4. The minimum Gasteiger partial charge on any atom is -0.393 e. The van der Waals surface area contributed by atoms with Crippen molar-refractivity contribution in [1.82, 2.24) is 0 Å². The predicted molar refractivity (Wildman–Crippen MR) is 102 cm³/mol. The highest BCUT2D eigenvalue weighted by Crippen LogP contribution is 2.67. The van der Waals surface area contributed by atoms with E-state index in [4.69, 9.17) is 4.74 Å². The largest absolute Gasteiger partial charge is 0.393 e. The van der Waals surface area contributed by atoms with Gasteiger partial charge in [0.15, 0.2) is 0 Å². The highest BCUT2D eigenvalue weighted by molar-refractivity contribution is 5.11. The average molecular weight is 349 g/mol. The van der Waals surface area contributed by atoms with Gasteiger partial charge in [-0.15, -0.1) is 0 Å². The molecule has 2 heteroatoms. The van der Waals surface area contributed by atoms with Crippen LogP contribution in [0.4, 0.5) is 0 Å². The van der Waals surface area contributed by atoms with E-state index in [1.54, 1.807) is 0 Å². The lowest BCUT2D eigenvalue weighted by Gasteiger charge is -2.62. The van der Waals surface area contributed by atoms with E-state index in [1.807, 2.05) is 0 Å². The average Bonchev–Trinajstić information content (AvgIpc) is 2.90. The highest BCUT2D eigenvalue weighted by Gasteiger charge is 2.62. The zero-order chi connectivity index (χ0) is 17.8. The quantitative estimate of drug-likeness (QED) is 0.737. The summed E-state index contributed by atoms with van der Waals surface area (Å²) in [6.45, 7) is 10.4. The van der Waals surface area contributed by atoms with Crippen molar-refractivity contribution in [2.24, 2.45) is 40.4 Å². The summed E-state index contributed by atoms with van der Waals surface area (Å²) in [7, 11) is 0. The first-order valence-corrected chi connectivity index (χ1v) is 11.2. The van der Waals surface area contributed by atoms with Crippen molar-refractivity contribution in [2.75, 3.05) is 6.61 Å². The summed E-state index contributed by atoms with van der Waals surface area (Å²) in [5.41, 5.74) is 0.753. The van der Waals surface area contributed by atoms with Crippen LogP contribution in [0.1, 0.15) is 85.5 Å². The van der Waals surface area contributed by atoms with Crippen LogP contribution in [0.25, 0.3) is 0 Å². The molecule has 0 radical (unpaired) electrons. The van der Waals surface area contributed by atoms with Gasteiger partial charge in [0.2, 0.25) is 0 Å². The molecule has 1 N–H and O–H groups in total. The van der Waals surface area contributed by atoms with Gasteiger partial charge in [-0.05, 0) is 98.7 Å². The topological polar surface area (TPSA) is 29.5 Å². The van der Waals surface area contributed by atoms with Crippen LogP contribution in [0.3, 0.4) is 0 Å². The van der Waals surface area contributed by atoms with E-state index in [9.17, 15) is 5.11 Å². The van der Waals surface area contributed by atoms with E-state index in [-0.39, 0.29) is 6.10 Å². The van der Waals surface area contributed by atoms with Crippen LogP contribution in [0, 0.1) is 40.4 Å². The number of hydrogen-bond acceptors (Lipinski definition) is 2. The maximum absolute atomic E-state index is 11.4. The molecule has 0 bridgehead atoms. The van der Waals surface area contributed by atoms with Crippen molar-refractivity contribution in [3.05, 3.63) is 0 Å². The summed E-state index contributed by atoms with van der Waals surface area (Å²) in [4.78, 5) is 0. The molecule has 0 aliphatic heterocycles. The first-order valence-electron chi connectivity index (χ1n) is 11.2. The van der Waals surface area contributed by atoms with Crippen LogP contribution in [-0.4, -0.2) is 23.9 Å². The normalized spacial score (nSPS) is 55.3. The molecule has 4 aliphatic rings. The van der Waals surface area contributed by atoms with Gasteiger partial charge in [0.25, 0.3) is 0 Å². The number of rotatable bonds is 3. The van der Waals surface area contributed by atoms with Crippen LogP contribution in [0.15, 0.2) is 0 Å². The van der Waals surface area contributed by atoms with E-state index in [0.717, 1.165) is 36.7 Å². The first-order chi connectivity index (χ1) is 11.9. The molecule has 4 saturated carbocycles. The van der Waals surface area contributed by atoms with Crippen LogP contribution in [0.2, 0.25) is 0 Å². The SMILES string of the molecule is CCOC1CC[C@@]2(C)C(CC[C@@H]3[C@@H]2[C@H](O)C[C@]2(C)[C@@H](CC)CC[C@@H]32)C1. The minimum absolute atomic E-state index is 0.0742. The first kappa shape index (κ1) is 18.3. The molecule has 25 heavy (non-hydrogen) atoms. The van der Waals surface area contributed by atoms with Crippen LogP contribution in [0.5, 0.6) is 0 Å². The maximum atomic E-state index is 11.4.